The number of carboxylic acid groups (broad SMARTS) is 1. The summed E-state index contributed by atoms with van der Waals surface area (Å²) in [6.45, 7) is 3.74. The molecule has 1 fully saturated rings. The first-order chi connectivity index (χ1) is 27.2. The van der Waals surface area contributed by atoms with Crippen LogP contribution in [0.2, 0.25) is 0 Å². The van der Waals surface area contributed by atoms with Crippen LogP contribution in [0.5, 0.6) is 0 Å². The van der Waals surface area contributed by atoms with Gasteiger partial charge in [0.05, 0.1) is 6.61 Å². The fourth-order valence-electron chi connectivity index (χ4n) is 6.74. The number of carboxylic acids is 1. The van der Waals surface area contributed by atoms with E-state index < -0.39 is 61.3 Å². The van der Waals surface area contributed by atoms with Crippen molar-refractivity contribution in [1.29, 1.82) is 0 Å². The van der Waals surface area contributed by atoms with Gasteiger partial charge in [0.25, 0.3) is 0 Å². The lowest BCUT2D eigenvalue weighted by Crippen LogP contribution is -2.60. The van der Waals surface area contributed by atoms with Gasteiger partial charge in [-0.3, -0.25) is 9.59 Å². The highest BCUT2D eigenvalue weighted by molar-refractivity contribution is 5.73. The number of carbonyl (C=O) groups excluding carboxylic acids is 2. The number of aliphatic hydroxyl groups excluding tert-OH is 3. The van der Waals surface area contributed by atoms with E-state index in [1.807, 2.05) is 0 Å². The van der Waals surface area contributed by atoms with Gasteiger partial charge in [-0.1, -0.05) is 167 Å². The molecule has 6 atom stereocenters. The van der Waals surface area contributed by atoms with Gasteiger partial charge in [0, 0.05) is 12.8 Å². The van der Waals surface area contributed by atoms with Crippen LogP contribution in [0.3, 0.4) is 0 Å². The Morgan fingerprint density at radius 3 is 1.55 bits per heavy atom. The maximum Gasteiger partial charge on any atom is 0.335 e. The molecule has 0 spiro atoms. The van der Waals surface area contributed by atoms with Crippen LogP contribution < -0.4 is 0 Å². The lowest BCUT2D eigenvalue weighted by molar-refractivity contribution is -0.298. The van der Waals surface area contributed by atoms with Gasteiger partial charge in [-0.25, -0.2) is 4.79 Å². The Balaban J connectivity index is 2.36. The number of hydrogen-bond donors (Lipinski definition) is 4. The molecule has 0 aliphatic carbocycles. The van der Waals surface area contributed by atoms with E-state index in [1.165, 1.54) is 89.9 Å². The molecule has 6 unspecified atom stereocenters. The minimum absolute atomic E-state index is 0.184. The predicted octanol–water partition coefficient (Wildman–Crippen LogP) is 9.43. The van der Waals surface area contributed by atoms with Crippen LogP contribution in [0.4, 0.5) is 0 Å². The number of hydrogen-bond acceptors (Lipinski definition) is 10. The minimum Gasteiger partial charge on any atom is -0.479 e. The summed E-state index contributed by atoms with van der Waals surface area (Å²) in [5.41, 5.74) is 0. The van der Waals surface area contributed by atoms with Crippen molar-refractivity contribution in [2.75, 3.05) is 13.2 Å². The van der Waals surface area contributed by atoms with E-state index in [0.717, 1.165) is 64.2 Å². The van der Waals surface area contributed by atoms with Crippen molar-refractivity contribution in [3.05, 3.63) is 24.3 Å². The molecular weight excluding hydrogens is 716 g/mol. The predicted molar refractivity (Wildman–Crippen MR) is 220 cm³/mol. The maximum atomic E-state index is 12.8. The largest absolute Gasteiger partial charge is 0.479 e. The molecule has 11 heteroatoms. The standard InChI is InChI=1S/C45H80O11/c1-3-5-7-9-11-13-15-17-18-19-20-22-24-26-28-30-32-34-39(47)55-37(36-54-45-42(50)40(48)41(49)43(56-45)44(51)52)35-53-38(46)33-31-29-27-25-23-21-16-14-12-10-8-6-4-2/h8,10,14,16,37,40-43,45,48-50H,3-7,9,11-13,15,17-36H2,1-2H3,(H,51,52)/b10-8-,16-14-. The third-order valence-corrected chi connectivity index (χ3v) is 10.3. The van der Waals surface area contributed by atoms with Crippen LogP contribution >= 0.6 is 0 Å². The van der Waals surface area contributed by atoms with Crippen molar-refractivity contribution in [3.63, 3.8) is 0 Å². The molecule has 0 saturated carbocycles. The SMILES string of the molecule is CCC/C=C\C/C=C\CCCCCCCC(=O)OCC(COC1OC(C(=O)O)C(O)C(O)C1O)OC(=O)CCCCCCCCCCCCCCCCCCC. The van der Waals surface area contributed by atoms with E-state index in [-0.39, 0.29) is 19.4 Å². The zero-order valence-electron chi connectivity index (χ0n) is 35.1. The molecule has 1 aliphatic heterocycles. The number of unbranched alkanes of at least 4 members (excludes halogenated alkanes) is 22. The Bertz CT molecular complexity index is 1030. The monoisotopic (exact) mass is 797 g/mol. The molecule has 56 heavy (non-hydrogen) atoms. The summed E-state index contributed by atoms with van der Waals surface area (Å²) in [4.78, 5) is 36.8. The summed E-state index contributed by atoms with van der Waals surface area (Å²) in [6.07, 6.45) is 29.4. The first kappa shape index (κ1) is 51.7. The van der Waals surface area contributed by atoms with Gasteiger partial charge in [0.15, 0.2) is 18.5 Å². The van der Waals surface area contributed by atoms with Crippen molar-refractivity contribution in [1.82, 2.24) is 0 Å². The second-order valence-electron chi connectivity index (χ2n) is 15.5. The molecular formula is C45H80O11. The van der Waals surface area contributed by atoms with Crippen molar-refractivity contribution in [3.8, 4) is 0 Å². The summed E-state index contributed by atoms with van der Waals surface area (Å²) in [5, 5.41) is 39.8. The van der Waals surface area contributed by atoms with Gasteiger partial charge in [-0.05, 0) is 38.5 Å². The summed E-state index contributed by atoms with van der Waals surface area (Å²) in [7, 11) is 0. The van der Waals surface area contributed by atoms with Gasteiger partial charge in [0.1, 0.15) is 24.9 Å². The Kier molecular flexibility index (Phi) is 33.1. The number of esters is 2. The fraction of sp³-hybridized carbons (Fsp3) is 0.844. The second-order valence-corrected chi connectivity index (χ2v) is 15.5. The van der Waals surface area contributed by atoms with Crippen LogP contribution in [-0.2, 0) is 33.3 Å². The molecule has 1 rings (SSSR count). The Labute approximate surface area is 339 Å². The number of aliphatic carboxylic acids is 1. The highest BCUT2D eigenvalue weighted by Crippen LogP contribution is 2.23. The molecule has 1 heterocycles. The smallest absolute Gasteiger partial charge is 0.335 e. The molecule has 4 N–H and O–H groups in total. The summed E-state index contributed by atoms with van der Waals surface area (Å²) in [6, 6.07) is 0. The average molecular weight is 797 g/mol. The van der Waals surface area contributed by atoms with E-state index in [0.29, 0.717) is 12.8 Å². The molecule has 0 bridgehead atoms. The topological polar surface area (TPSA) is 169 Å². The van der Waals surface area contributed by atoms with Crippen molar-refractivity contribution in [2.45, 2.75) is 230 Å². The molecule has 0 aromatic rings. The van der Waals surface area contributed by atoms with Crippen molar-refractivity contribution >= 4 is 17.9 Å². The second kappa shape index (κ2) is 35.8. The summed E-state index contributed by atoms with van der Waals surface area (Å²) < 4.78 is 21.7. The molecule has 0 amide bonds. The Morgan fingerprint density at radius 2 is 1.04 bits per heavy atom. The van der Waals surface area contributed by atoms with Crippen LogP contribution in [0.15, 0.2) is 24.3 Å². The summed E-state index contributed by atoms with van der Waals surface area (Å²) in [5.74, 6) is -2.45. The highest BCUT2D eigenvalue weighted by atomic mass is 16.7. The molecule has 0 aromatic heterocycles. The number of allylic oxidation sites excluding steroid dienone is 4. The van der Waals surface area contributed by atoms with E-state index in [1.54, 1.807) is 0 Å². The zero-order chi connectivity index (χ0) is 41.1. The van der Waals surface area contributed by atoms with E-state index in [4.69, 9.17) is 18.9 Å². The van der Waals surface area contributed by atoms with Crippen molar-refractivity contribution < 1.29 is 53.8 Å². The van der Waals surface area contributed by atoms with Crippen LogP contribution in [0.1, 0.15) is 194 Å². The normalized spacial score (nSPS) is 20.5. The van der Waals surface area contributed by atoms with E-state index in [9.17, 15) is 34.8 Å². The van der Waals surface area contributed by atoms with Gasteiger partial charge in [0.2, 0.25) is 0 Å². The minimum atomic E-state index is -1.86. The number of aliphatic hydroxyl groups is 3. The van der Waals surface area contributed by atoms with Crippen LogP contribution in [0, 0.1) is 0 Å². The third kappa shape index (κ3) is 27.3. The lowest BCUT2D eigenvalue weighted by Gasteiger charge is -2.38. The fourth-order valence-corrected chi connectivity index (χ4v) is 6.74. The highest BCUT2D eigenvalue weighted by Gasteiger charge is 2.47. The number of rotatable bonds is 37. The first-order valence-corrected chi connectivity index (χ1v) is 22.4. The van der Waals surface area contributed by atoms with Gasteiger partial charge < -0.3 is 39.4 Å². The molecule has 1 saturated heterocycles. The van der Waals surface area contributed by atoms with Crippen molar-refractivity contribution in [2.24, 2.45) is 0 Å². The Hall–Kier alpha value is -2.31. The number of ether oxygens (including phenoxy) is 4. The quantitative estimate of drug-likeness (QED) is 0.0268. The first-order valence-electron chi connectivity index (χ1n) is 22.4. The molecule has 0 aromatic carbocycles. The van der Waals surface area contributed by atoms with Gasteiger partial charge >= 0.3 is 17.9 Å². The van der Waals surface area contributed by atoms with E-state index >= 15 is 0 Å². The van der Waals surface area contributed by atoms with E-state index in [2.05, 4.69) is 38.2 Å². The van der Waals surface area contributed by atoms with Crippen LogP contribution in [-0.4, -0.2) is 88.4 Å². The molecule has 326 valence electrons. The maximum absolute atomic E-state index is 12.8. The number of carbonyl (C=O) groups is 3. The molecule has 11 nitrogen and oxygen atoms in total. The molecule has 0 radical (unpaired) electrons. The van der Waals surface area contributed by atoms with Gasteiger partial charge in [-0.2, -0.15) is 0 Å². The van der Waals surface area contributed by atoms with Crippen LogP contribution in [0.25, 0.3) is 0 Å². The lowest BCUT2D eigenvalue weighted by atomic mass is 9.99. The Morgan fingerprint density at radius 1 is 0.554 bits per heavy atom. The van der Waals surface area contributed by atoms with Gasteiger partial charge in [-0.15, -0.1) is 0 Å². The molecule has 1 aliphatic rings. The third-order valence-electron chi connectivity index (χ3n) is 10.3. The zero-order valence-corrected chi connectivity index (χ0v) is 35.1. The average Bonchev–Trinajstić information content (AvgIpc) is 3.18. The summed E-state index contributed by atoms with van der Waals surface area (Å²) >= 11 is 0.